The number of carbonyl (C=O) groups excluding carboxylic acids is 1. The monoisotopic (exact) mass is 335 g/mol. The molecule has 0 atom stereocenters. The van der Waals surface area contributed by atoms with Crippen molar-refractivity contribution in [1.29, 1.82) is 0 Å². The largest absolute Gasteiger partial charge is 0.490 e. The third kappa shape index (κ3) is 3.93. The molecule has 2 aromatic rings. The number of hydrogen-bond donors (Lipinski definition) is 1. The fourth-order valence-corrected chi connectivity index (χ4v) is 2.57. The first-order valence-corrected chi connectivity index (χ1v) is 7.63. The topological polar surface area (TPSA) is 47.6 Å². The van der Waals surface area contributed by atoms with Gasteiger partial charge in [-0.25, -0.2) is 4.39 Å². The van der Waals surface area contributed by atoms with Gasteiger partial charge >= 0.3 is 0 Å². The van der Waals surface area contributed by atoms with E-state index in [2.05, 4.69) is 5.32 Å². The number of ether oxygens (including phenoxy) is 2. The molecule has 3 rings (SSSR count). The number of carbonyl (C=O) groups is 1. The predicted molar refractivity (Wildman–Crippen MR) is 85.8 cm³/mol. The van der Waals surface area contributed by atoms with E-state index in [1.54, 1.807) is 6.07 Å². The Balaban J connectivity index is 1.53. The molecule has 1 heterocycles. The van der Waals surface area contributed by atoms with Gasteiger partial charge in [0.2, 0.25) is 5.91 Å². The lowest BCUT2D eigenvalue weighted by molar-refractivity contribution is -0.116. The molecule has 0 radical (unpaired) electrons. The Morgan fingerprint density at radius 2 is 1.91 bits per heavy atom. The van der Waals surface area contributed by atoms with E-state index in [9.17, 15) is 9.18 Å². The molecule has 0 aromatic heterocycles. The van der Waals surface area contributed by atoms with E-state index in [-0.39, 0.29) is 17.5 Å². The summed E-state index contributed by atoms with van der Waals surface area (Å²) in [5.74, 6) is 0.674. The summed E-state index contributed by atoms with van der Waals surface area (Å²) in [5.41, 5.74) is 1.90. The molecule has 0 bridgehead atoms. The van der Waals surface area contributed by atoms with Crippen molar-refractivity contribution in [2.45, 2.75) is 12.8 Å². The normalized spacial score (nSPS) is 13.2. The summed E-state index contributed by atoms with van der Waals surface area (Å²) in [6, 6.07) is 9.57. The van der Waals surface area contributed by atoms with E-state index >= 15 is 0 Å². The number of halogens is 2. The smallest absolute Gasteiger partial charge is 0.224 e. The highest BCUT2D eigenvalue weighted by atomic mass is 35.5. The van der Waals surface area contributed by atoms with Gasteiger partial charge in [0.25, 0.3) is 0 Å². The van der Waals surface area contributed by atoms with Gasteiger partial charge in [-0.1, -0.05) is 17.7 Å². The average molecular weight is 336 g/mol. The number of amides is 1. The van der Waals surface area contributed by atoms with Crippen LogP contribution >= 0.6 is 11.6 Å². The second-order valence-corrected chi connectivity index (χ2v) is 5.55. The number of nitrogens with one attached hydrogen (secondary N) is 1. The molecule has 2 aromatic carbocycles. The fraction of sp³-hybridized carbons (Fsp3) is 0.235. The van der Waals surface area contributed by atoms with Crippen LogP contribution < -0.4 is 14.8 Å². The van der Waals surface area contributed by atoms with Gasteiger partial charge in [-0.15, -0.1) is 0 Å². The number of fused-ring (bicyclic) bond motifs is 1. The summed E-state index contributed by atoms with van der Waals surface area (Å²) >= 11 is 5.87. The first kappa shape index (κ1) is 15.6. The van der Waals surface area contributed by atoms with Gasteiger partial charge in [-0.3, -0.25) is 4.79 Å². The van der Waals surface area contributed by atoms with E-state index in [0.717, 1.165) is 17.7 Å². The number of benzene rings is 2. The molecule has 4 nitrogen and oxygen atoms in total. The predicted octanol–water partition coefficient (Wildman–Crippen LogP) is 3.82. The van der Waals surface area contributed by atoms with Gasteiger partial charge in [0.05, 0.1) is 5.02 Å². The highest BCUT2D eigenvalue weighted by Gasteiger charge is 2.15. The molecule has 0 fully saturated rings. The second kappa shape index (κ2) is 6.87. The Kier molecular flexibility index (Phi) is 4.67. The van der Waals surface area contributed by atoms with Crippen molar-refractivity contribution in [3.05, 3.63) is 52.8 Å². The SMILES string of the molecule is O=C1CCc2ccc(OCCOc3ccc(F)cc3Cl)cc2N1. The van der Waals surface area contributed by atoms with Crippen LogP contribution in [-0.4, -0.2) is 19.1 Å². The lowest BCUT2D eigenvalue weighted by Crippen LogP contribution is -2.19. The van der Waals surface area contributed by atoms with Crippen molar-refractivity contribution >= 4 is 23.2 Å². The van der Waals surface area contributed by atoms with Gasteiger partial charge in [0, 0.05) is 18.2 Å². The summed E-state index contributed by atoms with van der Waals surface area (Å²) in [4.78, 5) is 11.4. The van der Waals surface area contributed by atoms with Crippen molar-refractivity contribution in [2.75, 3.05) is 18.5 Å². The van der Waals surface area contributed by atoms with E-state index < -0.39 is 5.82 Å². The first-order chi connectivity index (χ1) is 11.1. The van der Waals surface area contributed by atoms with E-state index in [1.165, 1.54) is 18.2 Å². The van der Waals surface area contributed by atoms with Crippen molar-refractivity contribution in [1.82, 2.24) is 0 Å². The van der Waals surface area contributed by atoms with Crippen molar-refractivity contribution in [3.63, 3.8) is 0 Å². The zero-order valence-corrected chi connectivity index (χ0v) is 13.0. The van der Waals surface area contributed by atoms with Crippen molar-refractivity contribution in [2.24, 2.45) is 0 Å². The van der Waals surface area contributed by atoms with Crippen LogP contribution in [0.3, 0.4) is 0 Å². The number of anilines is 1. The summed E-state index contributed by atoms with van der Waals surface area (Å²) < 4.78 is 24.0. The summed E-state index contributed by atoms with van der Waals surface area (Å²) in [6.07, 6.45) is 1.26. The van der Waals surface area contributed by atoms with Gasteiger partial charge in [0.1, 0.15) is 30.5 Å². The van der Waals surface area contributed by atoms with Gasteiger partial charge in [0.15, 0.2) is 0 Å². The molecular weight excluding hydrogens is 321 g/mol. The highest BCUT2D eigenvalue weighted by Crippen LogP contribution is 2.27. The van der Waals surface area contributed by atoms with Crippen molar-refractivity contribution in [3.8, 4) is 11.5 Å². The van der Waals surface area contributed by atoms with Crippen molar-refractivity contribution < 1.29 is 18.7 Å². The molecule has 120 valence electrons. The number of rotatable bonds is 5. The minimum absolute atomic E-state index is 0.0175. The lowest BCUT2D eigenvalue weighted by Gasteiger charge is -2.17. The minimum Gasteiger partial charge on any atom is -0.490 e. The minimum atomic E-state index is -0.408. The summed E-state index contributed by atoms with van der Waals surface area (Å²) in [5, 5.41) is 3.05. The molecule has 1 N–H and O–H groups in total. The molecular formula is C17H15ClFNO3. The first-order valence-electron chi connectivity index (χ1n) is 7.25. The third-order valence-electron chi connectivity index (χ3n) is 3.48. The van der Waals surface area contributed by atoms with Crippen LogP contribution in [0.25, 0.3) is 0 Å². The Bertz CT molecular complexity index is 736. The molecule has 0 spiro atoms. The maximum Gasteiger partial charge on any atom is 0.224 e. The molecule has 0 saturated heterocycles. The lowest BCUT2D eigenvalue weighted by atomic mass is 10.0. The van der Waals surface area contributed by atoms with Crippen LogP contribution in [0.4, 0.5) is 10.1 Å². The maximum absolute atomic E-state index is 12.9. The van der Waals surface area contributed by atoms with Gasteiger partial charge < -0.3 is 14.8 Å². The maximum atomic E-state index is 12.9. The second-order valence-electron chi connectivity index (χ2n) is 5.14. The third-order valence-corrected chi connectivity index (χ3v) is 3.78. The Labute approximate surface area is 138 Å². The van der Waals surface area contributed by atoms with Crippen LogP contribution in [0.15, 0.2) is 36.4 Å². The molecule has 0 saturated carbocycles. The van der Waals surface area contributed by atoms with Crippen LogP contribution in [-0.2, 0) is 11.2 Å². The van der Waals surface area contributed by atoms with Crippen LogP contribution in [0.1, 0.15) is 12.0 Å². The van der Waals surface area contributed by atoms with Gasteiger partial charge in [-0.2, -0.15) is 0 Å². The number of hydrogen-bond acceptors (Lipinski definition) is 3. The van der Waals surface area contributed by atoms with E-state index in [1.807, 2.05) is 12.1 Å². The molecule has 1 aliphatic rings. The van der Waals surface area contributed by atoms with Crippen LogP contribution in [0.5, 0.6) is 11.5 Å². The Morgan fingerprint density at radius 1 is 1.09 bits per heavy atom. The molecule has 0 aliphatic carbocycles. The zero-order chi connectivity index (χ0) is 16.2. The Morgan fingerprint density at radius 3 is 2.74 bits per heavy atom. The standard InChI is InChI=1S/C17H15ClFNO3/c18-14-9-12(19)3-5-16(14)23-8-7-22-13-4-1-11-2-6-17(21)20-15(11)10-13/h1,3-5,9-10H,2,6-8H2,(H,20,21). The fourth-order valence-electron chi connectivity index (χ4n) is 2.34. The molecule has 23 heavy (non-hydrogen) atoms. The average Bonchev–Trinajstić information content (AvgIpc) is 2.52. The molecule has 1 amide bonds. The molecule has 1 aliphatic heterocycles. The molecule has 6 heteroatoms. The highest BCUT2D eigenvalue weighted by molar-refractivity contribution is 6.32. The van der Waals surface area contributed by atoms with E-state index in [0.29, 0.717) is 24.5 Å². The number of aryl methyl sites for hydroxylation is 1. The quantitative estimate of drug-likeness (QED) is 0.845. The van der Waals surface area contributed by atoms with Gasteiger partial charge in [-0.05, 0) is 36.2 Å². The van der Waals surface area contributed by atoms with Crippen LogP contribution in [0, 0.1) is 5.82 Å². The summed E-state index contributed by atoms with van der Waals surface area (Å²) in [6.45, 7) is 0.579. The van der Waals surface area contributed by atoms with E-state index in [4.69, 9.17) is 21.1 Å². The summed E-state index contributed by atoms with van der Waals surface area (Å²) in [7, 11) is 0. The van der Waals surface area contributed by atoms with Crippen LogP contribution in [0.2, 0.25) is 5.02 Å². The Hall–Kier alpha value is -2.27. The molecule has 0 unspecified atom stereocenters. The zero-order valence-electron chi connectivity index (χ0n) is 12.3.